The van der Waals surface area contributed by atoms with E-state index >= 15 is 0 Å². The monoisotopic (exact) mass is 240 g/mol. The van der Waals surface area contributed by atoms with Crippen LogP contribution >= 0.6 is 0 Å². The first-order valence-electron chi connectivity index (χ1n) is 5.96. The highest BCUT2D eigenvalue weighted by Gasteiger charge is 2.14. The Balaban J connectivity index is 1.68. The molecule has 1 fully saturated rings. The normalized spacial score (nSPS) is 19.2. The summed E-state index contributed by atoms with van der Waals surface area (Å²) in [6, 6.07) is 0. The lowest BCUT2D eigenvalue weighted by molar-refractivity contribution is 0.0641. The molecule has 1 aliphatic rings. The summed E-state index contributed by atoms with van der Waals surface area (Å²) in [7, 11) is 1.84. The van der Waals surface area contributed by atoms with E-state index < -0.39 is 6.10 Å². The van der Waals surface area contributed by atoms with Crippen LogP contribution in [0, 0.1) is 0 Å². The third-order valence-corrected chi connectivity index (χ3v) is 2.80. The van der Waals surface area contributed by atoms with Crippen LogP contribution in [0.1, 0.15) is 0 Å². The lowest BCUT2D eigenvalue weighted by Gasteiger charge is -2.28. The first-order valence-corrected chi connectivity index (χ1v) is 5.96. The second-order valence-electron chi connectivity index (χ2n) is 4.37. The van der Waals surface area contributed by atoms with E-state index in [-0.39, 0.29) is 0 Å². The zero-order valence-electron chi connectivity index (χ0n) is 10.2. The second-order valence-corrected chi connectivity index (χ2v) is 4.37. The summed E-state index contributed by atoms with van der Waals surface area (Å²) in [5.41, 5.74) is 0. The van der Waals surface area contributed by atoms with Crippen LogP contribution in [0.5, 0.6) is 5.75 Å². The van der Waals surface area contributed by atoms with Crippen LogP contribution in [-0.2, 0) is 7.05 Å². The van der Waals surface area contributed by atoms with Crippen molar-refractivity contribution in [1.82, 2.24) is 20.0 Å². The number of aromatic nitrogens is 2. The minimum atomic E-state index is -0.451. The number of piperazine rings is 1. The number of ether oxygens (including phenoxy) is 1. The molecular weight excluding hydrogens is 220 g/mol. The maximum Gasteiger partial charge on any atom is 0.157 e. The molecule has 0 saturated carbocycles. The Morgan fingerprint density at radius 1 is 1.53 bits per heavy atom. The van der Waals surface area contributed by atoms with Crippen LogP contribution in [0.25, 0.3) is 0 Å². The predicted octanol–water partition coefficient (Wildman–Crippen LogP) is -0.935. The van der Waals surface area contributed by atoms with Gasteiger partial charge in [-0.1, -0.05) is 0 Å². The van der Waals surface area contributed by atoms with Gasteiger partial charge in [0.2, 0.25) is 0 Å². The van der Waals surface area contributed by atoms with Crippen molar-refractivity contribution in [1.29, 1.82) is 0 Å². The number of aliphatic hydroxyl groups is 1. The summed E-state index contributed by atoms with van der Waals surface area (Å²) in [6.07, 6.45) is 2.99. The molecule has 6 heteroatoms. The van der Waals surface area contributed by atoms with Gasteiger partial charge in [-0.25, -0.2) is 0 Å². The number of hydrogen-bond acceptors (Lipinski definition) is 5. The van der Waals surface area contributed by atoms with Gasteiger partial charge in [-0.05, 0) is 0 Å². The summed E-state index contributed by atoms with van der Waals surface area (Å²) < 4.78 is 7.13. The first kappa shape index (κ1) is 12.3. The van der Waals surface area contributed by atoms with E-state index in [2.05, 4.69) is 15.3 Å². The van der Waals surface area contributed by atoms with Crippen LogP contribution in [0.3, 0.4) is 0 Å². The zero-order chi connectivity index (χ0) is 12.1. The Morgan fingerprint density at radius 2 is 2.29 bits per heavy atom. The minimum absolute atomic E-state index is 0.315. The molecule has 0 spiro atoms. The smallest absolute Gasteiger partial charge is 0.157 e. The van der Waals surface area contributed by atoms with Gasteiger partial charge >= 0.3 is 0 Å². The lowest BCUT2D eigenvalue weighted by atomic mass is 10.3. The van der Waals surface area contributed by atoms with Gasteiger partial charge in [0.05, 0.1) is 12.4 Å². The number of aryl methyl sites for hydroxylation is 1. The van der Waals surface area contributed by atoms with E-state index in [4.69, 9.17) is 4.74 Å². The second kappa shape index (κ2) is 6.00. The highest BCUT2D eigenvalue weighted by molar-refractivity contribution is 5.11. The number of hydrogen-bond donors (Lipinski definition) is 2. The number of rotatable bonds is 5. The lowest BCUT2D eigenvalue weighted by Crippen LogP contribution is -2.47. The van der Waals surface area contributed by atoms with Gasteiger partial charge in [-0.2, -0.15) is 5.10 Å². The molecule has 0 amide bonds. The Kier molecular flexibility index (Phi) is 4.36. The summed E-state index contributed by atoms with van der Waals surface area (Å²) in [4.78, 5) is 2.24. The van der Waals surface area contributed by atoms with E-state index in [1.807, 2.05) is 7.05 Å². The van der Waals surface area contributed by atoms with Crippen molar-refractivity contribution in [3.05, 3.63) is 12.4 Å². The highest BCUT2D eigenvalue weighted by atomic mass is 16.5. The van der Waals surface area contributed by atoms with Crippen LogP contribution in [-0.4, -0.2) is 65.2 Å². The van der Waals surface area contributed by atoms with E-state index in [9.17, 15) is 5.11 Å². The van der Waals surface area contributed by atoms with Crippen LogP contribution in [0.4, 0.5) is 0 Å². The Morgan fingerprint density at radius 3 is 2.94 bits per heavy atom. The van der Waals surface area contributed by atoms with Crippen LogP contribution < -0.4 is 10.1 Å². The first-order chi connectivity index (χ1) is 8.24. The molecule has 1 aliphatic heterocycles. The van der Waals surface area contributed by atoms with E-state index in [0.29, 0.717) is 18.9 Å². The quantitative estimate of drug-likeness (QED) is 0.696. The van der Waals surface area contributed by atoms with Crippen molar-refractivity contribution in [2.24, 2.45) is 7.05 Å². The maximum atomic E-state index is 9.86. The molecule has 0 bridgehead atoms. The average molecular weight is 240 g/mol. The van der Waals surface area contributed by atoms with E-state index in [1.165, 1.54) is 0 Å². The molecular formula is C11H20N4O2. The number of nitrogens with one attached hydrogen (secondary N) is 1. The van der Waals surface area contributed by atoms with Crippen molar-refractivity contribution >= 4 is 0 Å². The fourth-order valence-electron chi connectivity index (χ4n) is 1.91. The van der Waals surface area contributed by atoms with Crippen molar-refractivity contribution in [2.45, 2.75) is 6.10 Å². The van der Waals surface area contributed by atoms with Crippen molar-refractivity contribution < 1.29 is 9.84 Å². The summed E-state index contributed by atoms with van der Waals surface area (Å²) >= 11 is 0. The molecule has 96 valence electrons. The highest BCUT2D eigenvalue weighted by Crippen LogP contribution is 2.07. The molecule has 1 unspecified atom stereocenters. The number of β-amino-alcohol motifs (C(OH)–C–C–N with tert-alkyl or cyclic N) is 1. The SMILES string of the molecule is Cn1cc(OCC(O)CN2CCNCC2)cn1. The molecule has 1 saturated heterocycles. The van der Waals surface area contributed by atoms with E-state index in [1.54, 1.807) is 17.1 Å². The molecule has 0 aromatic carbocycles. The van der Waals surface area contributed by atoms with Gasteiger partial charge in [0.15, 0.2) is 5.75 Å². The maximum absolute atomic E-state index is 9.86. The fraction of sp³-hybridized carbons (Fsp3) is 0.727. The summed E-state index contributed by atoms with van der Waals surface area (Å²) in [5, 5.41) is 17.1. The fourth-order valence-corrected chi connectivity index (χ4v) is 1.91. The molecule has 2 heterocycles. The van der Waals surface area contributed by atoms with E-state index in [0.717, 1.165) is 26.2 Å². The van der Waals surface area contributed by atoms with Gasteiger partial charge in [0.1, 0.15) is 12.7 Å². The molecule has 6 nitrogen and oxygen atoms in total. The van der Waals surface area contributed by atoms with Gasteiger partial charge < -0.3 is 15.2 Å². The van der Waals surface area contributed by atoms with Gasteiger partial charge in [0, 0.05) is 39.8 Å². The summed E-state index contributed by atoms with van der Waals surface area (Å²) in [5.74, 6) is 0.701. The van der Waals surface area contributed by atoms with Crippen LogP contribution in [0.2, 0.25) is 0 Å². The number of aliphatic hydroxyl groups excluding tert-OH is 1. The third kappa shape index (κ3) is 3.99. The largest absolute Gasteiger partial charge is 0.488 e. The molecule has 2 N–H and O–H groups in total. The molecule has 1 aromatic heterocycles. The number of nitrogens with zero attached hydrogens (tertiary/aromatic N) is 3. The van der Waals surface area contributed by atoms with Crippen molar-refractivity contribution in [3.63, 3.8) is 0 Å². The van der Waals surface area contributed by atoms with Crippen molar-refractivity contribution in [3.8, 4) is 5.75 Å². The van der Waals surface area contributed by atoms with Gasteiger partial charge in [-0.3, -0.25) is 9.58 Å². The Labute approximate surface area is 101 Å². The topological polar surface area (TPSA) is 62.6 Å². The van der Waals surface area contributed by atoms with Crippen molar-refractivity contribution in [2.75, 3.05) is 39.3 Å². The van der Waals surface area contributed by atoms with Gasteiger partial charge in [0.25, 0.3) is 0 Å². The van der Waals surface area contributed by atoms with Crippen LogP contribution in [0.15, 0.2) is 12.4 Å². The summed E-state index contributed by atoms with van der Waals surface area (Å²) in [6.45, 7) is 4.96. The Bertz CT molecular complexity index is 336. The molecule has 0 aliphatic carbocycles. The Hall–Kier alpha value is -1.11. The third-order valence-electron chi connectivity index (χ3n) is 2.80. The van der Waals surface area contributed by atoms with Gasteiger partial charge in [-0.15, -0.1) is 0 Å². The predicted molar refractivity (Wildman–Crippen MR) is 64.0 cm³/mol. The molecule has 0 radical (unpaired) electrons. The molecule has 17 heavy (non-hydrogen) atoms. The standard InChI is InChI=1S/C11H20N4O2/c1-14-8-11(6-13-14)17-9-10(16)7-15-4-2-12-3-5-15/h6,8,10,12,16H,2-5,7,9H2,1H3. The average Bonchev–Trinajstić information content (AvgIpc) is 2.74. The molecule has 2 rings (SSSR count). The zero-order valence-corrected chi connectivity index (χ0v) is 10.2. The molecule has 1 atom stereocenters. The minimum Gasteiger partial charge on any atom is -0.488 e. The molecule has 1 aromatic rings.